The van der Waals surface area contributed by atoms with Crippen molar-refractivity contribution in [2.24, 2.45) is 5.10 Å². The van der Waals surface area contributed by atoms with Gasteiger partial charge in [-0.1, -0.05) is 0 Å². The van der Waals surface area contributed by atoms with E-state index in [1.54, 1.807) is 17.5 Å². The number of piperidine rings is 1. The average molecular weight is 320 g/mol. The second kappa shape index (κ2) is 6.56. The molecule has 1 aromatic heterocycles. The van der Waals surface area contributed by atoms with Crippen molar-refractivity contribution < 1.29 is 9.59 Å². The van der Waals surface area contributed by atoms with E-state index in [2.05, 4.69) is 10.1 Å². The van der Waals surface area contributed by atoms with Crippen molar-refractivity contribution in [2.75, 3.05) is 13.1 Å². The average Bonchev–Trinajstić information content (AvgIpc) is 3.09. The molecule has 1 aromatic rings. The fourth-order valence-electron chi connectivity index (χ4n) is 3.00. The molecule has 0 aromatic carbocycles. The molecule has 1 saturated heterocycles. The SMILES string of the molecule is CCN1N=C(C(=O)N2CCCCC2c2nccs2)CCC1=O. The van der Waals surface area contributed by atoms with Gasteiger partial charge in [0.25, 0.3) is 5.91 Å². The lowest BCUT2D eigenvalue weighted by Crippen LogP contribution is -2.45. The molecule has 0 bridgehead atoms. The highest BCUT2D eigenvalue weighted by Gasteiger charge is 2.33. The van der Waals surface area contributed by atoms with E-state index in [9.17, 15) is 9.59 Å². The first-order chi connectivity index (χ1) is 10.7. The molecule has 3 rings (SSSR count). The summed E-state index contributed by atoms with van der Waals surface area (Å²) in [4.78, 5) is 30.8. The van der Waals surface area contributed by atoms with Crippen molar-refractivity contribution >= 4 is 28.9 Å². The minimum absolute atomic E-state index is 0.00540. The van der Waals surface area contributed by atoms with Crippen molar-refractivity contribution in [3.8, 4) is 0 Å². The van der Waals surface area contributed by atoms with E-state index < -0.39 is 0 Å². The Balaban J connectivity index is 1.82. The molecule has 2 aliphatic heterocycles. The van der Waals surface area contributed by atoms with E-state index in [4.69, 9.17) is 0 Å². The number of hydrazone groups is 1. The Morgan fingerprint density at radius 3 is 3.00 bits per heavy atom. The Kier molecular flexibility index (Phi) is 4.52. The summed E-state index contributed by atoms with van der Waals surface area (Å²) in [5, 5.41) is 8.61. The summed E-state index contributed by atoms with van der Waals surface area (Å²) in [6.45, 7) is 3.11. The third-order valence-corrected chi connectivity index (χ3v) is 5.03. The molecule has 0 radical (unpaired) electrons. The molecule has 1 atom stereocenters. The Labute approximate surface area is 133 Å². The summed E-state index contributed by atoms with van der Waals surface area (Å²) in [5.74, 6) is -0.0417. The van der Waals surface area contributed by atoms with E-state index >= 15 is 0 Å². The molecule has 1 unspecified atom stereocenters. The first-order valence-corrected chi connectivity index (χ1v) is 8.67. The van der Waals surface area contributed by atoms with Gasteiger partial charge in [0.05, 0.1) is 6.04 Å². The van der Waals surface area contributed by atoms with Crippen LogP contribution in [0.25, 0.3) is 0 Å². The third-order valence-electron chi connectivity index (χ3n) is 4.15. The van der Waals surface area contributed by atoms with Crippen LogP contribution in [0.3, 0.4) is 0 Å². The Hall–Kier alpha value is -1.76. The number of rotatable bonds is 3. The number of amides is 2. The molecular weight excluding hydrogens is 300 g/mol. The topological polar surface area (TPSA) is 65.9 Å². The first-order valence-electron chi connectivity index (χ1n) is 7.79. The number of hydrogen-bond donors (Lipinski definition) is 0. The predicted molar refractivity (Wildman–Crippen MR) is 84.5 cm³/mol. The van der Waals surface area contributed by atoms with Crippen LogP contribution in [0.15, 0.2) is 16.7 Å². The van der Waals surface area contributed by atoms with E-state index in [0.29, 0.717) is 25.1 Å². The molecule has 0 saturated carbocycles. The summed E-state index contributed by atoms with van der Waals surface area (Å²) in [5.41, 5.74) is 0.505. The lowest BCUT2D eigenvalue weighted by atomic mass is 10.0. The highest BCUT2D eigenvalue weighted by molar-refractivity contribution is 7.09. The number of hydrogen-bond acceptors (Lipinski definition) is 5. The van der Waals surface area contributed by atoms with Gasteiger partial charge in [-0.25, -0.2) is 9.99 Å². The van der Waals surface area contributed by atoms with Gasteiger partial charge in [-0.2, -0.15) is 5.10 Å². The number of nitrogens with zero attached hydrogens (tertiary/aromatic N) is 4. The van der Waals surface area contributed by atoms with Crippen LogP contribution in [0.4, 0.5) is 0 Å². The van der Waals surface area contributed by atoms with Gasteiger partial charge in [0.15, 0.2) is 0 Å². The first kappa shape index (κ1) is 15.1. The molecule has 0 spiro atoms. The maximum Gasteiger partial charge on any atom is 0.270 e. The monoisotopic (exact) mass is 320 g/mol. The Bertz CT molecular complexity index is 584. The minimum atomic E-state index is -0.0362. The molecule has 6 nitrogen and oxygen atoms in total. The van der Waals surface area contributed by atoms with Crippen molar-refractivity contribution in [1.29, 1.82) is 0 Å². The Morgan fingerprint density at radius 1 is 1.41 bits per heavy atom. The third kappa shape index (κ3) is 2.90. The normalized spacial score (nSPS) is 22.7. The van der Waals surface area contributed by atoms with Crippen LogP contribution >= 0.6 is 11.3 Å². The molecule has 22 heavy (non-hydrogen) atoms. The molecular formula is C15H20N4O2S. The zero-order chi connectivity index (χ0) is 15.5. The zero-order valence-electron chi connectivity index (χ0n) is 12.7. The van der Waals surface area contributed by atoms with Gasteiger partial charge >= 0.3 is 0 Å². The summed E-state index contributed by atoms with van der Waals surface area (Å²) in [6.07, 6.45) is 5.66. The number of thiazole rings is 1. The second-order valence-electron chi connectivity index (χ2n) is 5.54. The number of likely N-dealkylation sites (tertiary alicyclic amines) is 1. The van der Waals surface area contributed by atoms with Crippen molar-refractivity contribution in [3.63, 3.8) is 0 Å². The molecule has 0 N–H and O–H groups in total. The van der Waals surface area contributed by atoms with Gasteiger partial charge in [0, 0.05) is 37.5 Å². The van der Waals surface area contributed by atoms with E-state index in [1.807, 2.05) is 17.2 Å². The molecule has 3 heterocycles. The number of aromatic nitrogens is 1. The van der Waals surface area contributed by atoms with Gasteiger partial charge in [-0.15, -0.1) is 11.3 Å². The van der Waals surface area contributed by atoms with Gasteiger partial charge in [0.2, 0.25) is 5.91 Å². The van der Waals surface area contributed by atoms with Crippen molar-refractivity contribution in [2.45, 2.75) is 45.1 Å². The van der Waals surface area contributed by atoms with Gasteiger partial charge < -0.3 is 4.90 Å². The summed E-state index contributed by atoms with van der Waals surface area (Å²) < 4.78 is 0. The van der Waals surface area contributed by atoms with Crippen LogP contribution in [-0.2, 0) is 9.59 Å². The fraction of sp³-hybridized carbons (Fsp3) is 0.600. The highest BCUT2D eigenvalue weighted by Crippen LogP contribution is 2.32. The van der Waals surface area contributed by atoms with Gasteiger partial charge in [-0.05, 0) is 26.2 Å². The fourth-order valence-corrected chi connectivity index (χ4v) is 3.78. The van der Waals surface area contributed by atoms with Gasteiger partial charge in [-0.3, -0.25) is 9.59 Å². The summed E-state index contributed by atoms with van der Waals surface area (Å²) in [6, 6.07) is 0.0525. The summed E-state index contributed by atoms with van der Waals surface area (Å²) in [7, 11) is 0. The minimum Gasteiger partial charge on any atom is -0.328 e. The van der Waals surface area contributed by atoms with Crippen molar-refractivity contribution in [1.82, 2.24) is 14.9 Å². The Morgan fingerprint density at radius 2 is 2.27 bits per heavy atom. The lowest BCUT2D eigenvalue weighted by molar-refractivity contribution is -0.132. The van der Waals surface area contributed by atoms with Crippen molar-refractivity contribution in [3.05, 3.63) is 16.6 Å². The quantitative estimate of drug-likeness (QED) is 0.857. The van der Waals surface area contributed by atoms with Gasteiger partial charge in [0.1, 0.15) is 10.7 Å². The number of carbonyl (C=O) groups excluding carboxylic acids is 2. The lowest BCUT2D eigenvalue weighted by Gasteiger charge is -2.35. The smallest absolute Gasteiger partial charge is 0.270 e. The largest absolute Gasteiger partial charge is 0.328 e. The van der Waals surface area contributed by atoms with Crippen LogP contribution in [0.1, 0.15) is 50.1 Å². The van der Waals surface area contributed by atoms with E-state index in [-0.39, 0.29) is 17.9 Å². The molecule has 7 heteroatoms. The highest BCUT2D eigenvalue weighted by atomic mass is 32.1. The molecule has 2 amide bonds. The van der Waals surface area contributed by atoms with Crippen LogP contribution in [0.5, 0.6) is 0 Å². The second-order valence-corrected chi connectivity index (χ2v) is 6.46. The molecule has 2 aliphatic rings. The van der Waals surface area contributed by atoms with Crippen LogP contribution in [0, 0.1) is 0 Å². The zero-order valence-corrected chi connectivity index (χ0v) is 13.5. The molecule has 118 valence electrons. The van der Waals surface area contributed by atoms with Crippen LogP contribution in [-0.4, -0.2) is 45.5 Å². The van der Waals surface area contributed by atoms with Crippen LogP contribution < -0.4 is 0 Å². The standard InChI is InChI=1S/C15H20N4O2S/c1-2-19-13(20)7-6-11(17-19)15(21)18-9-4-3-5-12(18)14-16-8-10-22-14/h8,10,12H,2-7,9H2,1H3. The maximum atomic E-state index is 12.9. The van der Waals surface area contributed by atoms with Crippen LogP contribution in [0.2, 0.25) is 0 Å². The maximum absolute atomic E-state index is 12.9. The predicted octanol–water partition coefficient (Wildman–Crippen LogP) is 2.20. The van der Waals surface area contributed by atoms with E-state index in [1.165, 1.54) is 5.01 Å². The molecule has 0 aliphatic carbocycles. The van der Waals surface area contributed by atoms with E-state index in [0.717, 1.165) is 30.8 Å². The number of carbonyl (C=O) groups is 2. The summed E-state index contributed by atoms with van der Waals surface area (Å²) >= 11 is 1.59. The molecule has 1 fully saturated rings.